The zero-order chi connectivity index (χ0) is 18.4. The molecule has 0 atom stereocenters. The summed E-state index contributed by atoms with van der Waals surface area (Å²) >= 11 is 0. The average Bonchev–Trinajstić information content (AvgIpc) is 2.86. The molecule has 1 N–H and O–H groups in total. The van der Waals surface area contributed by atoms with E-state index in [9.17, 15) is 4.79 Å². The molecule has 0 fully saturated rings. The molecule has 1 heterocycles. The number of nitrogens with one attached hydrogen (secondary N) is 1. The van der Waals surface area contributed by atoms with Gasteiger partial charge in [-0.25, -0.2) is 4.79 Å². The van der Waals surface area contributed by atoms with Gasteiger partial charge in [0.2, 0.25) is 0 Å². The Balaban J connectivity index is 1.75. The third-order valence-corrected chi connectivity index (χ3v) is 4.13. The third kappa shape index (κ3) is 4.26. The van der Waals surface area contributed by atoms with Crippen molar-refractivity contribution in [2.45, 2.75) is 20.1 Å². The molecular weight excluding hydrogens is 332 g/mol. The molecule has 138 valence electrons. The normalized spacial score (nSPS) is 13.4. The molecule has 0 unspecified atom stereocenters. The van der Waals surface area contributed by atoms with Gasteiger partial charge in [-0.3, -0.25) is 0 Å². The van der Waals surface area contributed by atoms with Gasteiger partial charge in [0.15, 0.2) is 0 Å². The lowest BCUT2D eigenvalue weighted by atomic mass is 10.1. The van der Waals surface area contributed by atoms with Crippen LogP contribution in [0.5, 0.6) is 11.5 Å². The number of nitrogens with zero attached hydrogens (tertiary/aromatic N) is 1. The number of hydrogen-bond donors (Lipinski definition) is 1. The van der Waals surface area contributed by atoms with Gasteiger partial charge in [0, 0.05) is 12.7 Å². The van der Waals surface area contributed by atoms with Crippen molar-refractivity contribution in [3.63, 3.8) is 0 Å². The minimum atomic E-state index is -0.175. The average molecular weight is 356 g/mol. The number of benzene rings is 2. The van der Waals surface area contributed by atoms with Crippen LogP contribution in [0.25, 0.3) is 0 Å². The second kappa shape index (κ2) is 8.58. The second-order valence-corrected chi connectivity index (χ2v) is 6.00. The summed E-state index contributed by atoms with van der Waals surface area (Å²) in [7, 11) is 1.66. The van der Waals surface area contributed by atoms with E-state index in [-0.39, 0.29) is 6.03 Å². The molecule has 2 amide bonds. The Labute approximate surface area is 153 Å². The fourth-order valence-corrected chi connectivity index (χ4v) is 2.92. The van der Waals surface area contributed by atoms with Crippen LogP contribution in [-0.4, -0.2) is 37.8 Å². The molecule has 0 spiro atoms. The van der Waals surface area contributed by atoms with Gasteiger partial charge in [-0.15, -0.1) is 0 Å². The number of fused-ring (bicyclic) bond motifs is 1. The maximum atomic E-state index is 12.8. The van der Waals surface area contributed by atoms with Crippen LogP contribution in [0, 0.1) is 0 Å². The first-order chi connectivity index (χ1) is 12.7. The molecule has 0 aliphatic carbocycles. The minimum absolute atomic E-state index is 0.175. The highest BCUT2D eigenvalue weighted by Crippen LogP contribution is 2.27. The molecule has 2 aromatic carbocycles. The number of para-hydroxylation sites is 2. The highest BCUT2D eigenvalue weighted by atomic mass is 16.5. The summed E-state index contributed by atoms with van der Waals surface area (Å²) in [5.41, 5.74) is 2.70. The quantitative estimate of drug-likeness (QED) is 0.888. The summed E-state index contributed by atoms with van der Waals surface area (Å²) in [6, 6.07) is 13.2. The van der Waals surface area contributed by atoms with Gasteiger partial charge in [0.05, 0.1) is 32.0 Å². The van der Waals surface area contributed by atoms with E-state index in [1.807, 2.05) is 49.4 Å². The van der Waals surface area contributed by atoms with Crippen molar-refractivity contribution < 1.29 is 19.0 Å². The topological polar surface area (TPSA) is 60.0 Å². The van der Waals surface area contributed by atoms with Gasteiger partial charge in [0.1, 0.15) is 18.1 Å². The molecule has 0 saturated carbocycles. The number of urea groups is 1. The van der Waals surface area contributed by atoms with Gasteiger partial charge < -0.3 is 24.4 Å². The van der Waals surface area contributed by atoms with E-state index in [1.54, 1.807) is 12.0 Å². The van der Waals surface area contributed by atoms with E-state index < -0.39 is 0 Å². The molecule has 0 bridgehead atoms. The minimum Gasteiger partial charge on any atom is -0.492 e. The van der Waals surface area contributed by atoms with Crippen LogP contribution in [-0.2, 0) is 17.9 Å². The van der Waals surface area contributed by atoms with Gasteiger partial charge in [-0.1, -0.05) is 18.2 Å². The standard InChI is InChI=1S/C20H24N2O4/c1-3-25-19-7-5-4-6-17(19)21-20(23)22-10-11-26-18-9-8-15(14-24-2)12-16(18)13-22/h4-9,12H,3,10-11,13-14H2,1-2H3,(H,21,23). The van der Waals surface area contributed by atoms with Crippen LogP contribution < -0.4 is 14.8 Å². The van der Waals surface area contributed by atoms with Crippen LogP contribution in [0.1, 0.15) is 18.1 Å². The van der Waals surface area contributed by atoms with E-state index in [0.29, 0.717) is 44.3 Å². The molecule has 0 saturated heterocycles. The predicted molar refractivity (Wildman–Crippen MR) is 99.7 cm³/mol. The van der Waals surface area contributed by atoms with E-state index in [1.165, 1.54) is 0 Å². The summed E-state index contributed by atoms with van der Waals surface area (Å²) in [5, 5.41) is 2.95. The van der Waals surface area contributed by atoms with Crippen LogP contribution >= 0.6 is 0 Å². The summed E-state index contributed by atoms with van der Waals surface area (Å²) in [4.78, 5) is 14.5. The Morgan fingerprint density at radius 2 is 2.12 bits per heavy atom. The van der Waals surface area contributed by atoms with E-state index in [4.69, 9.17) is 14.2 Å². The first-order valence-corrected chi connectivity index (χ1v) is 8.72. The fraction of sp³-hybridized carbons (Fsp3) is 0.350. The number of anilines is 1. The number of amides is 2. The number of methoxy groups -OCH3 is 1. The maximum Gasteiger partial charge on any atom is 0.322 e. The molecule has 1 aliphatic heterocycles. The van der Waals surface area contributed by atoms with E-state index in [0.717, 1.165) is 16.9 Å². The molecule has 0 radical (unpaired) electrons. The first kappa shape index (κ1) is 18.1. The Morgan fingerprint density at radius 1 is 1.27 bits per heavy atom. The van der Waals surface area contributed by atoms with Crippen LogP contribution in [0.4, 0.5) is 10.5 Å². The summed E-state index contributed by atoms with van der Waals surface area (Å²) < 4.78 is 16.6. The van der Waals surface area contributed by atoms with Crippen molar-refractivity contribution in [2.75, 3.05) is 32.2 Å². The maximum absolute atomic E-state index is 12.8. The molecule has 6 nitrogen and oxygen atoms in total. The molecule has 1 aliphatic rings. The summed E-state index contributed by atoms with van der Waals surface area (Å²) in [6.07, 6.45) is 0. The van der Waals surface area contributed by atoms with Crippen LogP contribution in [0.2, 0.25) is 0 Å². The zero-order valence-electron chi connectivity index (χ0n) is 15.2. The van der Waals surface area contributed by atoms with Gasteiger partial charge >= 0.3 is 6.03 Å². The molecular formula is C20H24N2O4. The van der Waals surface area contributed by atoms with Crippen molar-refractivity contribution in [1.29, 1.82) is 0 Å². The van der Waals surface area contributed by atoms with Gasteiger partial charge in [-0.2, -0.15) is 0 Å². The molecule has 3 rings (SSSR count). The molecule has 0 aromatic heterocycles. The monoisotopic (exact) mass is 356 g/mol. The molecule has 6 heteroatoms. The van der Waals surface area contributed by atoms with Crippen LogP contribution in [0.3, 0.4) is 0 Å². The van der Waals surface area contributed by atoms with Crippen molar-refractivity contribution >= 4 is 11.7 Å². The van der Waals surface area contributed by atoms with Gasteiger partial charge in [0.25, 0.3) is 0 Å². The smallest absolute Gasteiger partial charge is 0.322 e. The second-order valence-electron chi connectivity index (χ2n) is 6.00. The number of rotatable bonds is 5. The Kier molecular flexibility index (Phi) is 5.96. The van der Waals surface area contributed by atoms with Crippen molar-refractivity contribution in [3.05, 3.63) is 53.6 Å². The Hall–Kier alpha value is -2.73. The van der Waals surface area contributed by atoms with E-state index >= 15 is 0 Å². The lowest BCUT2D eigenvalue weighted by Crippen LogP contribution is -2.36. The predicted octanol–water partition coefficient (Wildman–Crippen LogP) is 3.66. The third-order valence-electron chi connectivity index (χ3n) is 4.13. The van der Waals surface area contributed by atoms with Crippen molar-refractivity contribution in [3.8, 4) is 11.5 Å². The van der Waals surface area contributed by atoms with Crippen LogP contribution in [0.15, 0.2) is 42.5 Å². The Bertz CT molecular complexity index is 763. The van der Waals surface area contributed by atoms with Crippen molar-refractivity contribution in [1.82, 2.24) is 4.90 Å². The highest BCUT2D eigenvalue weighted by molar-refractivity contribution is 5.91. The summed E-state index contributed by atoms with van der Waals surface area (Å²) in [6.45, 7) is 4.43. The lowest BCUT2D eigenvalue weighted by molar-refractivity contribution is 0.184. The van der Waals surface area contributed by atoms with E-state index in [2.05, 4.69) is 5.32 Å². The van der Waals surface area contributed by atoms with Gasteiger partial charge in [-0.05, 0) is 36.8 Å². The number of carbonyl (C=O) groups is 1. The molecule has 2 aromatic rings. The largest absolute Gasteiger partial charge is 0.492 e. The molecule has 26 heavy (non-hydrogen) atoms. The highest BCUT2D eigenvalue weighted by Gasteiger charge is 2.21. The number of carbonyl (C=O) groups excluding carboxylic acids is 1. The first-order valence-electron chi connectivity index (χ1n) is 8.72. The zero-order valence-corrected chi connectivity index (χ0v) is 15.2. The summed E-state index contributed by atoms with van der Waals surface area (Å²) in [5.74, 6) is 1.48. The Morgan fingerprint density at radius 3 is 2.92 bits per heavy atom. The SMILES string of the molecule is CCOc1ccccc1NC(=O)N1CCOc2ccc(COC)cc2C1. The number of hydrogen-bond acceptors (Lipinski definition) is 4. The lowest BCUT2D eigenvalue weighted by Gasteiger charge is -2.21. The fourth-order valence-electron chi connectivity index (χ4n) is 2.92. The van der Waals surface area contributed by atoms with Crippen molar-refractivity contribution in [2.24, 2.45) is 0 Å². The number of ether oxygens (including phenoxy) is 3.